The summed E-state index contributed by atoms with van der Waals surface area (Å²) in [6.45, 7) is 0.339. The van der Waals surface area contributed by atoms with Crippen molar-refractivity contribution in [2.45, 2.75) is 17.9 Å². The summed E-state index contributed by atoms with van der Waals surface area (Å²) in [5.74, 6) is 2.43. The van der Waals surface area contributed by atoms with Crippen molar-refractivity contribution < 1.29 is 8.42 Å². The molecule has 0 saturated heterocycles. The zero-order valence-corrected chi connectivity index (χ0v) is 8.34. The monoisotopic (exact) mass is 213 g/mol. The van der Waals surface area contributed by atoms with E-state index >= 15 is 0 Å². The topological polar surface area (TPSA) is 74.8 Å². The number of aromatic nitrogens is 2. The molecule has 5 nitrogen and oxygen atoms in total. The Hall–Kier alpha value is -1.32. The van der Waals surface area contributed by atoms with Crippen molar-refractivity contribution in [1.82, 2.24) is 14.7 Å². The number of unbranched alkanes of at least 4 members (excludes halogenated alkanes) is 1. The first-order chi connectivity index (χ1) is 6.67. The fourth-order valence-electron chi connectivity index (χ4n) is 0.865. The number of H-pyrrole nitrogens is 1. The van der Waals surface area contributed by atoms with Crippen molar-refractivity contribution in [2.75, 3.05) is 6.54 Å². The van der Waals surface area contributed by atoms with Crippen LogP contribution in [0.3, 0.4) is 0 Å². The zero-order chi connectivity index (χ0) is 10.4. The van der Waals surface area contributed by atoms with E-state index in [-0.39, 0.29) is 5.03 Å². The van der Waals surface area contributed by atoms with Gasteiger partial charge >= 0.3 is 0 Å². The first-order valence-corrected chi connectivity index (χ1v) is 5.56. The minimum absolute atomic E-state index is 0.0678. The molecule has 0 aliphatic rings. The van der Waals surface area contributed by atoms with Gasteiger partial charge in [0.25, 0.3) is 10.0 Å². The number of nitrogens with one attached hydrogen (secondary N) is 2. The number of sulfonamides is 1. The van der Waals surface area contributed by atoms with Crippen LogP contribution in [0.4, 0.5) is 0 Å². The van der Waals surface area contributed by atoms with Gasteiger partial charge in [0.1, 0.15) is 0 Å². The molecular formula is C8H11N3O2S. The van der Waals surface area contributed by atoms with Crippen molar-refractivity contribution in [3.63, 3.8) is 0 Å². The quantitative estimate of drug-likeness (QED) is 0.538. The Bertz CT molecular complexity index is 402. The lowest BCUT2D eigenvalue weighted by Gasteiger charge is -2.02. The summed E-state index contributed by atoms with van der Waals surface area (Å²) in [6.07, 6.45) is 8.79. The molecule has 1 rings (SSSR count). The molecule has 76 valence electrons. The highest BCUT2D eigenvalue weighted by molar-refractivity contribution is 7.89. The van der Waals surface area contributed by atoms with Gasteiger partial charge in [0.05, 0.1) is 12.5 Å². The predicted molar refractivity (Wildman–Crippen MR) is 51.8 cm³/mol. The maximum Gasteiger partial charge on any atom is 0.257 e. The van der Waals surface area contributed by atoms with Crippen molar-refractivity contribution in [3.8, 4) is 12.3 Å². The summed E-state index contributed by atoms with van der Waals surface area (Å²) in [7, 11) is -3.43. The van der Waals surface area contributed by atoms with Gasteiger partial charge in [-0.05, 0) is 6.42 Å². The Kier molecular flexibility index (Phi) is 3.68. The third-order valence-electron chi connectivity index (χ3n) is 1.55. The molecule has 6 heteroatoms. The summed E-state index contributed by atoms with van der Waals surface area (Å²) < 4.78 is 25.2. The average molecular weight is 213 g/mol. The SMILES string of the molecule is C#CCCCNS(=O)(=O)c1cnc[nH]1. The van der Waals surface area contributed by atoms with Crippen LogP contribution < -0.4 is 4.72 Å². The fourth-order valence-corrected chi connectivity index (χ4v) is 1.84. The second-order valence-corrected chi connectivity index (χ2v) is 4.36. The molecule has 1 aromatic rings. The Morgan fingerprint density at radius 3 is 3.00 bits per heavy atom. The van der Waals surface area contributed by atoms with E-state index in [0.717, 1.165) is 0 Å². The molecule has 0 fully saturated rings. The summed E-state index contributed by atoms with van der Waals surface area (Å²) in [4.78, 5) is 6.14. The number of rotatable bonds is 5. The molecule has 0 spiro atoms. The zero-order valence-electron chi connectivity index (χ0n) is 7.53. The first kappa shape index (κ1) is 10.8. The second kappa shape index (κ2) is 4.79. The van der Waals surface area contributed by atoms with E-state index in [1.165, 1.54) is 12.5 Å². The summed E-state index contributed by atoms with van der Waals surface area (Å²) in [6, 6.07) is 0. The number of aromatic amines is 1. The van der Waals surface area contributed by atoms with Crippen LogP contribution in [0.25, 0.3) is 0 Å². The molecule has 14 heavy (non-hydrogen) atoms. The van der Waals surface area contributed by atoms with Gasteiger partial charge in [-0.25, -0.2) is 18.1 Å². The maximum absolute atomic E-state index is 11.4. The maximum atomic E-state index is 11.4. The predicted octanol–water partition coefficient (Wildman–Crippen LogP) is 0.101. The van der Waals surface area contributed by atoms with Gasteiger partial charge in [-0.1, -0.05) is 0 Å². The molecule has 0 unspecified atom stereocenters. The van der Waals surface area contributed by atoms with E-state index in [4.69, 9.17) is 6.42 Å². The van der Waals surface area contributed by atoms with Crippen LogP contribution in [0.1, 0.15) is 12.8 Å². The molecule has 0 atom stereocenters. The molecular weight excluding hydrogens is 202 g/mol. The molecule has 0 aliphatic heterocycles. The molecule has 1 heterocycles. The summed E-state index contributed by atoms with van der Waals surface area (Å²) in [5.41, 5.74) is 0. The lowest BCUT2D eigenvalue weighted by Crippen LogP contribution is -2.24. The number of hydrogen-bond donors (Lipinski definition) is 2. The summed E-state index contributed by atoms with van der Waals surface area (Å²) in [5, 5.41) is 0.0678. The van der Waals surface area contributed by atoms with Crippen LogP contribution in [0.15, 0.2) is 17.6 Å². The van der Waals surface area contributed by atoms with Gasteiger partial charge in [-0.15, -0.1) is 12.3 Å². The van der Waals surface area contributed by atoms with Crippen molar-refractivity contribution >= 4 is 10.0 Å². The van der Waals surface area contributed by atoms with Crippen LogP contribution in [-0.2, 0) is 10.0 Å². The molecule has 0 bridgehead atoms. The van der Waals surface area contributed by atoms with E-state index in [1.807, 2.05) is 0 Å². The fraction of sp³-hybridized carbons (Fsp3) is 0.375. The highest BCUT2D eigenvalue weighted by atomic mass is 32.2. The highest BCUT2D eigenvalue weighted by Crippen LogP contribution is 2.01. The standard InChI is InChI=1S/C8H11N3O2S/c1-2-3-4-5-11-14(12,13)8-6-9-7-10-8/h1,6-7,11H,3-5H2,(H,9,10). The first-order valence-electron chi connectivity index (χ1n) is 4.08. The van der Waals surface area contributed by atoms with Crippen LogP contribution in [0, 0.1) is 12.3 Å². The van der Waals surface area contributed by atoms with Crippen molar-refractivity contribution in [3.05, 3.63) is 12.5 Å². The van der Waals surface area contributed by atoms with E-state index in [0.29, 0.717) is 19.4 Å². The number of hydrogen-bond acceptors (Lipinski definition) is 3. The normalized spacial score (nSPS) is 11.1. The van der Waals surface area contributed by atoms with Crippen LogP contribution in [-0.4, -0.2) is 24.9 Å². The number of terminal acetylenes is 1. The van der Waals surface area contributed by atoms with E-state index in [2.05, 4.69) is 20.6 Å². The lowest BCUT2D eigenvalue weighted by atomic mass is 10.3. The molecule has 0 aromatic carbocycles. The van der Waals surface area contributed by atoms with Crippen LogP contribution in [0.2, 0.25) is 0 Å². The van der Waals surface area contributed by atoms with Crippen LogP contribution >= 0.6 is 0 Å². The molecule has 0 amide bonds. The van der Waals surface area contributed by atoms with Crippen LogP contribution in [0.5, 0.6) is 0 Å². The summed E-state index contributed by atoms with van der Waals surface area (Å²) >= 11 is 0. The van der Waals surface area contributed by atoms with Gasteiger partial charge in [-0.2, -0.15) is 0 Å². The molecule has 2 N–H and O–H groups in total. The number of nitrogens with zero attached hydrogens (tertiary/aromatic N) is 1. The van der Waals surface area contributed by atoms with Gasteiger partial charge in [-0.3, -0.25) is 0 Å². The molecule has 0 saturated carbocycles. The Balaban J connectivity index is 2.49. The van der Waals surface area contributed by atoms with Gasteiger partial charge in [0.15, 0.2) is 5.03 Å². The Labute approximate surface area is 83.0 Å². The van der Waals surface area contributed by atoms with E-state index < -0.39 is 10.0 Å². The molecule has 1 aromatic heterocycles. The third kappa shape index (κ3) is 2.87. The van der Waals surface area contributed by atoms with E-state index in [9.17, 15) is 8.42 Å². The highest BCUT2D eigenvalue weighted by Gasteiger charge is 2.13. The van der Waals surface area contributed by atoms with Gasteiger partial charge < -0.3 is 4.98 Å². The smallest absolute Gasteiger partial charge is 0.257 e. The second-order valence-electron chi connectivity index (χ2n) is 2.62. The lowest BCUT2D eigenvalue weighted by molar-refractivity contribution is 0.576. The van der Waals surface area contributed by atoms with Crippen molar-refractivity contribution in [2.24, 2.45) is 0 Å². The molecule has 0 aliphatic carbocycles. The number of imidazole rings is 1. The third-order valence-corrected chi connectivity index (χ3v) is 2.94. The van der Waals surface area contributed by atoms with Gasteiger partial charge in [0, 0.05) is 13.0 Å². The average Bonchev–Trinajstić information content (AvgIpc) is 2.65. The largest absolute Gasteiger partial charge is 0.335 e. The van der Waals surface area contributed by atoms with E-state index in [1.54, 1.807) is 0 Å². The minimum Gasteiger partial charge on any atom is -0.335 e. The Morgan fingerprint density at radius 2 is 2.43 bits per heavy atom. The van der Waals surface area contributed by atoms with Gasteiger partial charge in [0.2, 0.25) is 0 Å². The molecule has 0 radical (unpaired) electrons. The van der Waals surface area contributed by atoms with Crippen molar-refractivity contribution in [1.29, 1.82) is 0 Å². The minimum atomic E-state index is -3.43. The Morgan fingerprint density at radius 1 is 1.64 bits per heavy atom.